The molecule has 1 aromatic carbocycles. The van der Waals surface area contributed by atoms with Crippen molar-refractivity contribution in [3.63, 3.8) is 0 Å². The first-order valence-corrected chi connectivity index (χ1v) is 7.43. The van der Waals surface area contributed by atoms with Crippen molar-refractivity contribution in [3.8, 4) is 17.6 Å². The molecule has 124 valence electrons. The number of hydrogen-bond donors (Lipinski definition) is 1. The molecule has 0 aliphatic rings. The van der Waals surface area contributed by atoms with Gasteiger partial charge < -0.3 is 19.5 Å². The molecule has 1 N–H and O–H groups in total. The number of benzene rings is 1. The van der Waals surface area contributed by atoms with Crippen LogP contribution in [0.1, 0.15) is 19.4 Å². The molecule has 0 aliphatic carbocycles. The van der Waals surface area contributed by atoms with Gasteiger partial charge >= 0.3 is 5.97 Å². The van der Waals surface area contributed by atoms with Gasteiger partial charge in [0.25, 0.3) is 0 Å². The summed E-state index contributed by atoms with van der Waals surface area (Å²) < 4.78 is 11.0. The molecule has 0 radical (unpaired) electrons. The number of carboxylic acid groups (broad SMARTS) is 1. The maximum absolute atomic E-state index is 10.9. The Bertz CT molecular complexity index is 601. The lowest BCUT2D eigenvalue weighted by Gasteiger charge is -2.18. The second kappa shape index (κ2) is 9.49. The molecule has 0 bridgehead atoms. The van der Waals surface area contributed by atoms with E-state index in [0.29, 0.717) is 23.7 Å². The molecule has 6 nitrogen and oxygen atoms in total. The monoisotopic (exact) mass is 318 g/mol. The van der Waals surface area contributed by atoms with Crippen molar-refractivity contribution in [1.82, 2.24) is 4.90 Å². The van der Waals surface area contributed by atoms with Crippen LogP contribution >= 0.6 is 0 Å². The highest BCUT2D eigenvalue weighted by Crippen LogP contribution is 2.29. The Morgan fingerprint density at radius 3 is 2.57 bits per heavy atom. The minimum absolute atomic E-state index is 0.331. The van der Waals surface area contributed by atoms with Gasteiger partial charge in [0.1, 0.15) is 18.2 Å². The molecule has 0 heterocycles. The number of nitrogens with zero attached hydrogens (tertiary/aromatic N) is 2. The van der Waals surface area contributed by atoms with Gasteiger partial charge in [-0.25, -0.2) is 4.79 Å². The summed E-state index contributed by atoms with van der Waals surface area (Å²) >= 11 is 0. The maximum Gasteiger partial charge on any atom is 0.346 e. The largest absolute Gasteiger partial charge is 0.493 e. The zero-order chi connectivity index (χ0) is 17.2. The Hall–Kier alpha value is -2.52. The van der Waals surface area contributed by atoms with E-state index >= 15 is 0 Å². The quantitative estimate of drug-likeness (QED) is 0.556. The second-order valence-corrected chi connectivity index (χ2v) is 4.76. The molecule has 0 fully saturated rings. The van der Waals surface area contributed by atoms with Crippen molar-refractivity contribution in [1.29, 1.82) is 5.26 Å². The van der Waals surface area contributed by atoms with Gasteiger partial charge in [-0.3, -0.25) is 0 Å². The molecule has 0 saturated heterocycles. The van der Waals surface area contributed by atoms with Gasteiger partial charge in [0.15, 0.2) is 11.5 Å². The molecule has 1 aromatic rings. The number of ether oxygens (including phenoxy) is 2. The zero-order valence-electron chi connectivity index (χ0n) is 13.7. The summed E-state index contributed by atoms with van der Waals surface area (Å²) in [7, 11) is 1.52. The fourth-order valence-electron chi connectivity index (χ4n) is 2.03. The van der Waals surface area contributed by atoms with Crippen molar-refractivity contribution in [2.45, 2.75) is 13.8 Å². The minimum atomic E-state index is -1.26. The molecule has 0 atom stereocenters. The van der Waals surface area contributed by atoms with Gasteiger partial charge in [-0.1, -0.05) is 19.9 Å². The van der Waals surface area contributed by atoms with Gasteiger partial charge in [-0.05, 0) is 36.9 Å². The van der Waals surface area contributed by atoms with E-state index in [2.05, 4.69) is 18.7 Å². The number of methoxy groups -OCH3 is 1. The third kappa shape index (κ3) is 5.64. The van der Waals surface area contributed by atoms with Gasteiger partial charge in [-0.2, -0.15) is 5.26 Å². The predicted molar refractivity (Wildman–Crippen MR) is 87.5 cm³/mol. The predicted octanol–water partition coefficient (Wildman–Crippen LogP) is 2.41. The Balaban J connectivity index is 2.85. The molecule has 6 heteroatoms. The van der Waals surface area contributed by atoms with E-state index in [4.69, 9.17) is 19.8 Å². The zero-order valence-corrected chi connectivity index (χ0v) is 13.7. The fourth-order valence-corrected chi connectivity index (χ4v) is 2.03. The third-order valence-corrected chi connectivity index (χ3v) is 3.41. The lowest BCUT2D eigenvalue weighted by molar-refractivity contribution is -0.132. The summed E-state index contributed by atoms with van der Waals surface area (Å²) in [5.74, 6) is -0.169. The summed E-state index contributed by atoms with van der Waals surface area (Å²) in [4.78, 5) is 13.1. The van der Waals surface area contributed by atoms with Crippen LogP contribution in [0.25, 0.3) is 6.08 Å². The van der Waals surface area contributed by atoms with Crippen LogP contribution in [0.5, 0.6) is 11.5 Å². The first-order chi connectivity index (χ1) is 11.0. The summed E-state index contributed by atoms with van der Waals surface area (Å²) in [6.07, 6.45) is 1.30. The first-order valence-electron chi connectivity index (χ1n) is 7.43. The van der Waals surface area contributed by atoms with Gasteiger partial charge in [0.2, 0.25) is 0 Å². The Morgan fingerprint density at radius 2 is 2.04 bits per heavy atom. The Labute approximate surface area is 136 Å². The van der Waals surface area contributed by atoms with Crippen LogP contribution < -0.4 is 9.47 Å². The summed E-state index contributed by atoms with van der Waals surface area (Å²) in [6.45, 7) is 7.47. The van der Waals surface area contributed by atoms with Crippen LogP contribution in [0.3, 0.4) is 0 Å². The van der Waals surface area contributed by atoms with Crippen molar-refractivity contribution >= 4 is 12.0 Å². The highest BCUT2D eigenvalue weighted by atomic mass is 16.5. The number of carbonyl (C=O) groups is 1. The molecule has 0 unspecified atom stereocenters. The summed E-state index contributed by atoms with van der Waals surface area (Å²) in [5, 5.41) is 17.7. The second-order valence-electron chi connectivity index (χ2n) is 4.76. The Kier molecular flexibility index (Phi) is 7.64. The minimum Gasteiger partial charge on any atom is -0.493 e. The van der Waals surface area contributed by atoms with E-state index in [0.717, 1.165) is 19.6 Å². The van der Waals surface area contributed by atoms with Gasteiger partial charge in [0, 0.05) is 6.54 Å². The number of carboxylic acids is 1. The van der Waals surface area contributed by atoms with Crippen LogP contribution in [-0.4, -0.2) is 49.3 Å². The molecule has 23 heavy (non-hydrogen) atoms. The topological polar surface area (TPSA) is 82.8 Å². The highest BCUT2D eigenvalue weighted by Gasteiger charge is 2.09. The average molecular weight is 318 g/mol. The number of aliphatic carboxylic acids is 1. The fraction of sp³-hybridized carbons (Fsp3) is 0.412. The van der Waals surface area contributed by atoms with Crippen molar-refractivity contribution in [3.05, 3.63) is 29.3 Å². The average Bonchev–Trinajstić information content (AvgIpc) is 2.56. The third-order valence-electron chi connectivity index (χ3n) is 3.41. The normalized spacial score (nSPS) is 11.2. The summed E-state index contributed by atoms with van der Waals surface area (Å²) in [6, 6.07) is 6.69. The number of nitriles is 1. The molecule has 0 amide bonds. The molecule has 0 aliphatic heterocycles. The lowest BCUT2D eigenvalue weighted by Crippen LogP contribution is -2.27. The maximum atomic E-state index is 10.9. The molecular formula is C17H22N2O4. The lowest BCUT2D eigenvalue weighted by atomic mass is 10.1. The van der Waals surface area contributed by atoms with E-state index in [1.165, 1.54) is 13.2 Å². The molecule has 1 rings (SSSR count). The van der Waals surface area contributed by atoms with Crippen molar-refractivity contribution in [2.24, 2.45) is 0 Å². The number of rotatable bonds is 9. The SMILES string of the molecule is CCN(CC)CCOc1ccc(/C=C(/C#N)C(=O)O)cc1OC. The van der Waals surface area contributed by atoms with Crippen LogP contribution in [-0.2, 0) is 4.79 Å². The molecular weight excluding hydrogens is 296 g/mol. The van der Waals surface area contributed by atoms with Crippen LogP contribution in [0, 0.1) is 11.3 Å². The molecule has 0 saturated carbocycles. The van der Waals surface area contributed by atoms with E-state index < -0.39 is 5.97 Å². The number of likely N-dealkylation sites (N-methyl/N-ethyl adjacent to an activating group) is 1. The molecule has 0 aromatic heterocycles. The first kappa shape index (κ1) is 18.5. The smallest absolute Gasteiger partial charge is 0.346 e. The van der Waals surface area contributed by atoms with Crippen LogP contribution in [0.2, 0.25) is 0 Å². The van der Waals surface area contributed by atoms with E-state index in [1.54, 1.807) is 24.3 Å². The van der Waals surface area contributed by atoms with Crippen molar-refractivity contribution in [2.75, 3.05) is 33.4 Å². The van der Waals surface area contributed by atoms with Crippen LogP contribution in [0.4, 0.5) is 0 Å². The van der Waals surface area contributed by atoms with Crippen LogP contribution in [0.15, 0.2) is 23.8 Å². The summed E-state index contributed by atoms with van der Waals surface area (Å²) in [5.41, 5.74) is 0.235. The van der Waals surface area contributed by atoms with E-state index in [-0.39, 0.29) is 5.57 Å². The Morgan fingerprint density at radius 1 is 1.35 bits per heavy atom. The van der Waals surface area contributed by atoms with Crippen molar-refractivity contribution < 1.29 is 19.4 Å². The van der Waals surface area contributed by atoms with Gasteiger partial charge in [0.05, 0.1) is 7.11 Å². The standard InChI is InChI=1S/C17H22N2O4/c1-4-19(5-2)8-9-23-15-7-6-13(11-16(15)22-3)10-14(12-18)17(20)21/h6-7,10-11H,4-5,8-9H2,1-3H3,(H,20,21)/b14-10-. The number of hydrogen-bond acceptors (Lipinski definition) is 5. The van der Waals surface area contributed by atoms with E-state index in [9.17, 15) is 4.79 Å². The molecule has 0 spiro atoms. The van der Waals surface area contributed by atoms with E-state index in [1.807, 2.05) is 0 Å². The highest BCUT2D eigenvalue weighted by molar-refractivity contribution is 5.96. The van der Waals surface area contributed by atoms with Gasteiger partial charge in [-0.15, -0.1) is 0 Å².